The zero-order valence-electron chi connectivity index (χ0n) is 18.7. The van der Waals surface area contributed by atoms with E-state index in [9.17, 15) is 9.59 Å². The van der Waals surface area contributed by atoms with Gasteiger partial charge in [-0.3, -0.25) is 19.1 Å². The Hall–Kier alpha value is -3.21. The zero-order valence-corrected chi connectivity index (χ0v) is 19.5. The van der Waals surface area contributed by atoms with Crippen LogP contribution in [0.4, 0.5) is 5.82 Å². The highest BCUT2D eigenvalue weighted by atomic mass is 32.2. The number of thioether (sulfide) groups is 1. The van der Waals surface area contributed by atoms with Crippen LogP contribution < -0.4 is 5.32 Å². The van der Waals surface area contributed by atoms with E-state index in [4.69, 9.17) is 4.52 Å². The van der Waals surface area contributed by atoms with Crippen molar-refractivity contribution < 1.29 is 14.1 Å². The van der Waals surface area contributed by atoms with Gasteiger partial charge in [0.2, 0.25) is 11.8 Å². The van der Waals surface area contributed by atoms with E-state index in [1.165, 1.54) is 11.8 Å². The Kier molecular flexibility index (Phi) is 7.38. The van der Waals surface area contributed by atoms with Crippen molar-refractivity contribution in [2.75, 3.05) is 11.9 Å². The summed E-state index contributed by atoms with van der Waals surface area (Å²) in [5.41, 5.74) is 0.782. The van der Waals surface area contributed by atoms with Gasteiger partial charge in [0.05, 0.1) is 23.7 Å². The Morgan fingerprint density at radius 2 is 2.18 bits per heavy atom. The van der Waals surface area contributed by atoms with Crippen LogP contribution in [0.2, 0.25) is 0 Å². The van der Waals surface area contributed by atoms with Crippen molar-refractivity contribution in [3.63, 3.8) is 0 Å². The highest BCUT2D eigenvalue weighted by Crippen LogP contribution is 2.29. The summed E-state index contributed by atoms with van der Waals surface area (Å²) in [6.07, 6.45) is 7.51. The number of nitrogens with zero attached hydrogens (tertiary/aromatic N) is 6. The lowest BCUT2D eigenvalue weighted by Crippen LogP contribution is -2.31. The molecular formula is C22H27N7O3S. The van der Waals surface area contributed by atoms with E-state index in [0.29, 0.717) is 48.5 Å². The standard InChI is InChI=1S/C22H27N7O3S/c1-3-17(21(31)24-18-12-15(2)32-27-18)33-22-26-25-19(29(22)16-8-7-10-23-13-16)14-28-11-6-4-5-9-20(28)30/h7-8,10,12-13,17H,3-6,9,11,14H2,1-2H3,(H,24,27,31)/t17-/m1/s1. The van der Waals surface area contributed by atoms with Gasteiger partial charge in [0.15, 0.2) is 16.8 Å². The van der Waals surface area contributed by atoms with Crippen LogP contribution >= 0.6 is 11.8 Å². The first-order valence-corrected chi connectivity index (χ1v) is 12.0. The van der Waals surface area contributed by atoms with Gasteiger partial charge in [-0.1, -0.05) is 30.3 Å². The lowest BCUT2D eigenvalue weighted by molar-refractivity contribution is -0.131. The van der Waals surface area contributed by atoms with Crippen LogP contribution in [0, 0.1) is 6.92 Å². The van der Waals surface area contributed by atoms with Crippen LogP contribution in [-0.4, -0.2) is 53.4 Å². The van der Waals surface area contributed by atoms with E-state index in [2.05, 4.69) is 25.7 Å². The normalized spacial score (nSPS) is 15.3. The summed E-state index contributed by atoms with van der Waals surface area (Å²) in [4.78, 5) is 31.5. The molecule has 4 heterocycles. The molecule has 0 unspecified atom stereocenters. The van der Waals surface area contributed by atoms with Crippen LogP contribution in [0.1, 0.15) is 50.6 Å². The van der Waals surface area contributed by atoms with Crippen molar-refractivity contribution in [3.8, 4) is 5.69 Å². The van der Waals surface area contributed by atoms with Gasteiger partial charge in [0.25, 0.3) is 0 Å². The first kappa shape index (κ1) is 23.0. The summed E-state index contributed by atoms with van der Waals surface area (Å²) >= 11 is 1.32. The molecule has 33 heavy (non-hydrogen) atoms. The van der Waals surface area contributed by atoms with E-state index in [1.807, 2.05) is 28.5 Å². The number of likely N-dealkylation sites (tertiary alicyclic amines) is 1. The molecular weight excluding hydrogens is 442 g/mol. The Bertz CT molecular complexity index is 1100. The number of aryl methyl sites for hydroxylation is 1. The number of hydrogen-bond acceptors (Lipinski definition) is 8. The van der Waals surface area contributed by atoms with Gasteiger partial charge >= 0.3 is 0 Å². The summed E-state index contributed by atoms with van der Waals surface area (Å²) in [5.74, 6) is 1.58. The van der Waals surface area contributed by atoms with Gasteiger partial charge < -0.3 is 14.7 Å². The number of rotatable bonds is 8. The summed E-state index contributed by atoms with van der Waals surface area (Å²) in [6.45, 7) is 4.77. The van der Waals surface area contributed by atoms with Gasteiger partial charge in [-0.25, -0.2) is 0 Å². The number of nitrogens with one attached hydrogen (secondary N) is 1. The van der Waals surface area contributed by atoms with Crippen LogP contribution in [0.5, 0.6) is 0 Å². The number of pyridine rings is 1. The van der Waals surface area contributed by atoms with Gasteiger partial charge in [-0.05, 0) is 38.3 Å². The summed E-state index contributed by atoms with van der Waals surface area (Å²) in [7, 11) is 0. The minimum absolute atomic E-state index is 0.135. The Balaban J connectivity index is 1.59. The molecule has 0 aromatic carbocycles. The lowest BCUT2D eigenvalue weighted by atomic mass is 10.2. The SMILES string of the molecule is CC[C@@H](Sc1nnc(CN2CCCCCC2=O)n1-c1cccnc1)C(=O)Nc1cc(C)on1. The third-order valence-electron chi connectivity index (χ3n) is 5.40. The molecule has 1 atom stereocenters. The molecule has 1 aliphatic rings. The minimum Gasteiger partial charge on any atom is -0.360 e. The maximum Gasteiger partial charge on any atom is 0.239 e. The van der Waals surface area contributed by atoms with Gasteiger partial charge in [0, 0.05) is 25.2 Å². The third-order valence-corrected chi connectivity index (χ3v) is 6.71. The minimum atomic E-state index is -0.422. The Morgan fingerprint density at radius 3 is 2.91 bits per heavy atom. The number of aromatic nitrogens is 5. The van der Waals surface area contributed by atoms with Crippen LogP contribution in [0.3, 0.4) is 0 Å². The first-order valence-electron chi connectivity index (χ1n) is 11.1. The molecule has 1 N–H and O–H groups in total. The number of anilines is 1. The van der Waals surface area contributed by atoms with Crippen molar-refractivity contribution in [2.45, 2.75) is 62.9 Å². The Morgan fingerprint density at radius 1 is 1.30 bits per heavy atom. The molecule has 0 saturated carbocycles. The molecule has 3 aromatic heterocycles. The maximum atomic E-state index is 12.9. The fourth-order valence-corrected chi connectivity index (χ4v) is 4.67. The first-order chi connectivity index (χ1) is 16.0. The van der Waals surface area contributed by atoms with E-state index in [0.717, 1.165) is 24.9 Å². The second-order valence-corrected chi connectivity index (χ2v) is 9.07. The van der Waals surface area contributed by atoms with Crippen LogP contribution in [0.25, 0.3) is 5.69 Å². The largest absolute Gasteiger partial charge is 0.360 e. The summed E-state index contributed by atoms with van der Waals surface area (Å²) < 4.78 is 6.91. The molecule has 1 aliphatic heterocycles. The van der Waals surface area contributed by atoms with Gasteiger partial charge in [0.1, 0.15) is 5.76 Å². The quantitative estimate of drug-likeness (QED) is 0.499. The third kappa shape index (κ3) is 5.59. The predicted molar refractivity (Wildman–Crippen MR) is 123 cm³/mol. The monoisotopic (exact) mass is 469 g/mol. The number of hydrogen-bond donors (Lipinski definition) is 1. The number of amides is 2. The zero-order chi connectivity index (χ0) is 23.2. The molecule has 10 nitrogen and oxygen atoms in total. The molecule has 1 saturated heterocycles. The fraction of sp³-hybridized carbons (Fsp3) is 0.455. The highest BCUT2D eigenvalue weighted by molar-refractivity contribution is 8.00. The van der Waals surface area contributed by atoms with E-state index >= 15 is 0 Å². The molecule has 2 amide bonds. The smallest absolute Gasteiger partial charge is 0.239 e. The molecule has 174 valence electrons. The van der Waals surface area contributed by atoms with Crippen molar-refractivity contribution in [3.05, 3.63) is 42.2 Å². The average molecular weight is 470 g/mol. The van der Waals surface area contributed by atoms with Crippen molar-refractivity contribution in [1.29, 1.82) is 0 Å². The molecule has 0 aliphatic carbocycles. The van der Waals surface area contributed by atoms with Gasteiger partial charge in [-0.2, -0.15) is 0 Å². The molecule has 1 fully saturated rings. The van der Waals surface area contributed by atoms with E-state index in [1.54, 1.807) is 25.4 Å². The lowest BCUT2D eigenvalue weighted by Gasteiger charge is -2.21. The number of carbonyl (C=O) groups excluding carboxylic acids is 2. The average Bonchev–Trinajstić information content (AvgIpc) is 3.35. The highest BCUT2D eigenvalue weighted by Gasteiger charge is 2.26. The van der Waals surface area contributed by atoms with E-state index in [-0.39, 0.29) is 11.8 Å². The van der Waals surface area contributed by atoms with E-state index < -0.39 is 5.25 Å². The molecule has 3 aromatic rings. The predicted octanol–water partition coefficient (Wildman–Crippen LogP) is 3.37. The topological polar surface area (TPSA) is 119 Å². The van der Waals surface area contributed by atoms with Crippen LogP contribution in [-0.2, 0) is 16.1 Å². The van der Waals surface area contributed by atoms with Crippen LogP contribution in [0.15, 0.2) is 40.3 Å². The second-order valence-electron chi connectivity index (χ2n) is 7.90. The molecule has 11 heteroatoms. The summed E-state index contributed by atoms with van der Waals surface area (Å²) in [6, 6.07) is 5.42. The van der Waals surface area contributed by atoms with Gasteiger partial charge in [-0.15, -0.1) is 10.2 Å². The second kappa shape index (κ2) is 10.6. The Labute approximate surface area is 196 Å². The molecule has 4 rings (SSSR count). The van der Waals surface area contributed by atoms with Crippen molar-refractivity contribution >= 4 is 29.4 Å². The van der Waals surface area contributed by atoms with Crippen molar-refractivity contribution in [1.82, 2.24) is 29.8 Å². The molecule has 0 radical (unpaired) electrons. The maximum absolute atomic E-state index is 12.9. The summed E-state index contributed by atoms with van der Waals surface area (Å²) in [5, 5.41) is 15.6. The molecule has 0 bridgehead atoms. The number of carbonyl (C=O) groups is 2. The van der Waals surface area contributed by atoms with Crippen molar-refractivity contribution in [2.24, 2.45) is 0 Å². The molecule has 0 spiro atoms. The fourth-order valence-electron chi connectivity index (χ4n) is 3.68.